The van der Waals surface area contributed by atoms with E-state index in [9.17, 15) is 8.78 Å². The highest BCUT2D eigenvalue weighted by atomic mass is 19.3. The summed E-state index contributed by atoms with van der Waals surface area (Å²) in [5, 5.41) is 0. The summed E-state index contributed by atoms with van der Waals surface area (Å²) in [6.45, 7) is 2.91. The molecule has 0 heterocycles. The predicted octanol–water partition coefficient (Wildman–Crippen LogP) is 3.20. The van der Waals surface area contributed by atoms with Crippen LogP contribution in [0.15, 0.2) is 30.3 Å². The lowest BCUT2D eigenvalue weighted by atomic mass is 10.1. The normalized spacial score (nSPS) is 12.1. The van der Waals surface area contributed by atoms with Gasteiger partial charge in [-0.2, -0.15) is 8.78 Å². The van der Waals surface area contributed by atoms with Crippen LogP contribution in [0.3, 0.4) is 0 Å². The van der Waals surface area contributed by atoms with Crippen LogP contribution in [0.25, 0.3) is 0 Å². The summed E-state index contributed by atoms with van der Waals surface area (Å²) in [5.41, 5.74) is 0.000602. The second kappa shape index (κ2) is 4.51. The van der Waals surface area contributed by atoms with Gasteiger partial charge in [-0.1, -0.05) is 30.3 Å². The second-order valence-electron chi connectivity index (χ2n) is 3.43. The molecule has 0 aliphatic heterocycles. The highest BCUT2D eigenvalue weighted by Gasteiger charge is 2.31. The zero-order valence-electron chi connectivity index (χ0n) is 8.34. The van der Waals surface area contributed by atoms with Crippen molar-refractivity contribution in [1.29, 1.82) is 0 Å². The quantitative estimate of drug-likeness (QED) is 0.725. The molecule has 1 rings (SSSR count). The fraction of sp³-hybridized carbons (Fsp3) is 0.455. The number of benzene rings is 1. The van der Waals surface area contributed by atoms with Crippen LogP contribution in [0, 0.1) is 0 Å². The van der Waals surface area contributed by atoms with Gasteiger partial charge in [0.05, 0.1) is 6.10 Å². The van der Waals surface area contributed by atoms with Crippen molar-refractivity contribution in [2.45, 2.75) is 25.9 Å². The molecule has 0 aromatic heterocycles. The number of hydrogen-bond donors (Lipinski definition) is 0. The fourth-order valence-electron chi connectivity index (χ4n) is 1.04. The van der Waals surface area contributed by atoms with Gasteiger partial charge < -0.3 is 4.74 Å². The lowest BCUT2D eigenvalue weighted by Crippen LogP contribution is -2.23. The Bertz CT molecular complexity index is 270. The number of ether oxygens (including phenoxy) is 1. The first-order valence-electron chi connectivity index (χ1n) is 4.57. The Morgan fingerprint density at radius 1 is 1.21 bits per heavy atom. The molecule has 0 saturated carbocycles. The van der Waals surface area contributed by atoms with Gasteiger partial charge in [-0.3, -0.25) is 0 Å². The molecule has 14 heavy (non-hydrogen) atoms. The average molecular weight is 200 g/mol. The minimum absolute atomic E-state index is 0.000602. The molecule has 0 aliphatic carbocycles. The van der Waals surface area contributed by atoms with E-state index in [1.165, 1.54) is 12.1 Å². The van der Waals surface area contributed by atoms with Crippen LogP contribution in [0.5, 0.6) is 0 Å². The van der Waals surface area contributed by atoms with E-state index >= 15 is 0 Å². The lowest BCUT2D eigenvalue weighted by molar-refractivity contribution is -0.0977. The first-order chi connectivity index (χ1) is 6.52. The van der Waals surface area contributed by atoms with Gasteiger partial charge in [0.1, 0.15) is 6.61 Å². The molecule has 0 unspecified atom stereocenters. The van der Waals surface area contributed by atoms with Crippen molar-refractivity contribution in [3.05, 3.63) is 35.9 Å². The van der Waals surface area contributed by atoms with Gasteiger partial charge in [0.2, 0.25) is 0 Å². The van der Waals surface area contributed by atoms with Crippen molar-refractivity contribution >= 4 is 0 Å². The molecule has 3 heteroatoms. The maximum Gasteiger partial charge on any atom is 0.296 e. The Balaban J connectivity index is 2.66. The Hall–Kier alpha value is -0.960. The van der Waals surface area contributed by atoms with Gasteiger partial charge in [0.25, 0.3) is 5.92 Å². The van der Waals surface area contributed by atoms with Gasteiger partial charge in [0, 0.05) is 5.56 Å². The van der Waals surface area contributed by atoms with Crippen molar-refractivity contribution in [1.82, 2.24) is 0 Å². The molecule has 0 N–H and O–H groups in total. The molecule has 0 atom stereocenters. The molecule has 1 aromatic carbocycles. The van der Waals surface area contributed by atoms with Crippen LogP contribution in [0.1, 0.15) is 19.4 Å². The van der Waals surface area contributed by atoms with E-state index < -0.39 is 12.5 Å². The van der Waals surface area contributed by atoms with Crippen LogP contribution in [-0.4, -0.2) is 12.7 Å². The summed E-state index contributed by atoms with van der Waals surface area (Å²) in [6, 6.07) is 7.72. The van der Waals surface area contributed by atoms with Crippen molar-refractivity contribution in [3.63, 3.8) is 0 Å². The van der Waals surface area contributed by atoms with Crippen LogP contribution in [-0.2, 0) is 10.7 Å². The standard InChI is InChI=1S/C11H14F2O/c1-9(2)14-8-11(12,13)10-6-4-3-5-7-10/h3-7,9H,8H2,1-2H3. The zero-order chi connectivity index (χ0) is 10.6. The monoisotopic (exact) mass is 200 g/mol. The average Bonchev–Trinajstić information content (AvgIpc) is 2.16. The smallest absolute Gasteiger partial charge is 0.296 e. The topological polar surface area (TPSA) is 9.23 Å². The largest absolute Gasteiger partial charge is 0.372 e. The number of alkyl halides is 2. The van der Waals surface area contributed by atoms with Crippen LogP contribution in [0.2, 0.25) is 0 Å². The van der Waals surface area contributed by atoms with Crippen molar-refractivity contribution in [2.75, 3.05) is 6.61 Å². The maximum atomic E-state index is 13.4. The number of rotatable bonds is 4. The van der Waals surface area contributed by atoms with E-state index in [0.29, 0.717) is 0 Å². The first kappa shape index (κ1) is 11.1. The van der Waals surface area contributed by atoms with E-state index in [2.05, 4.69) is 0 Å². The highest BCUT2D eigenvalue weighted by Crippen LogP contribution is 2.28. The first-order valence-corrected chi connectivity index (χ1v) is 4.57. The molecule has 0 radical (unpaired) electrons. The van der Waals surface area contributed by atoms with E-state index in [1.54, 1.807) is 32.0 Å². The molecule has 0 spiro atoms. The Kier molecular flexibility index (Phi) is 3.58. The van der Waals surface area contributed by atoms with Crippen molar-refractivity contribution in [2.24, 2.45) is 0 Å². The van der Waals surface area contributed by atoms with E-state index in [0.717, 1.165) is 0 Å². The minimum atomic E-state index is -2.90. The summed E-state index contributed by atoms with van der Waals surface area (Å²) >= 11 is 0. The molecule has 0 aliphatic rings. The summed E-state index contributed by atoms with van der Waals surface area (Å²) in [5.74, 6) is -2.90. The highest BCUT2D eigenvalue weighted by molar-refractivity contribution is 5.19. The third kappa shape index (κ3) is 3.07. The van der Waals surface area contributed by atoms with Crippen molar-refractivity contribution < 1.29 is 13.5 Å². The fourth-order valence-corrected chi connectivity index (χ4v) is 1.04. The molecule has 1 aromatic rings. The molecule has 0 amide bonds. The summed E-state index contributed by atoms with van der Waals surface area (Å²) in [4.78, 5) is 0. The van der Waals surface area contributed by atoms with E-state index in [4.69, 9.17) is 4.74 Å². The van der Waals surface area contributed by atoms with Gasteiger partial charge in [-0.25, -0.2) is 0 Å². The molecule has 1 nitrogen and oxygen atoms in total. The SMILES string of the molecule is CC(C)OCC(F)(F)c1ccccc1. The van der Waals surface area contributed by atoms with Gasteiger partial charge >= 0.3 is 0 Å². The van der Waals surface area contributed by atoms with Gasteiger partial charge in [-0.15, -0.1) is 0 Å². The number of hydrogen-bond acceptors (Lipinski definition) is 1. The zero-order valence-corrected chi connectivity index (χ0v) is 8.34. The van der Waals surface area contributed by atoms with E-state index in [1.807, 2.05) is 0 Å². The third-order valence-corrected chi connectivity index (χ3v) is 1.79. The van der Waals surface area contributed by atoms with Crippen LogP contribution >= 0.6 is 0 Å². The third-order valence-electron chi connectivity index (χ3n) is 1.79. The maximum absolute atomic E-state index is 13.4. The second-order valence-corrected chi connectivity index (χ2v) is 3.43. The Labute approximate surface area is 82.7 Å². The van der Waals surface area contributed by atoms with Crippen molar-refractivity contribution in [3.8, 4) is 0 Å². The minimum Gasteiger partial charge on any atom is -0.372 e. The molecule has 0 fully saturated rings. The predicted molar refractivity (Wildman–Crippen MR) is 51.4 cm³/mol. The van der Waals surface area contributed by atoms with Gasteiger partial charge in [0.15, 0.2) is 0 Å². The molecular formula is C11H14F2O. The summed E-state index contributed by atoms with van der Waals surface area (Å²) < 4.78 is 31.7. The van der Waals surface area contributed by atoms with Crippen LogP contribution < -0.4 is 0 Å². The van der Waals surface area contributed by atoms with Crippen LogP contribution in [0.4, 0.5) is 8.78 Å². The van der Waals surface area contributed by atoms with Gasteiger partial charge in [-0.05, 0) is 13.8 Å². The number of halogens is 2. The molecule has 0 saturated heterocycles. The van der Waals surface area contributed by atoms with E-state index in [-0.39, 0.29) is 11.7 Å². The molecule has 0 bridgehead atoms. The lowest BCUT2D eigenvalue weighted by Gasteiger charge is -2.18. The summed E-state index contributed by atoms with van der Waals surface area (Å²) in [7, 11) is 0. The Morgan fingerprint density at radius 3 is 2.29 bits per heavy atom. The molecular weight excluding hydrogens is 186 g/mol. The summed E-state index contributed by atoms with van der Waals surface area (Å²) in [6.07, 6.45) is -0.176. The Morgan fingerprint density at radius 2 is 1.79 bits per heavy atom. The molecule has 78 valence electrons.